The summed E-state index contributed by atoms with van der Waals surface area (Å²) in [7, 11) is 4.26. The first-order valence-electron chi connectivity index (χ1n) is 6.00. The van der Waals surface area contributed by atoms with Crippen LogP contribution in [0.15, 0.2) is 42.5 Å². The fourth-order valence-electron chi connectivity index (χ4n) is 1.34. The van der Waals surface area contributed by atoms with Gasteiger partial charge < -0.3 is 4.48 Å². The van der Waals surface area contributed by atoms with E-state index in [2.05, 4.69) is 44.4 Å². The van der Waals surface area contributed by atoms with Gasteiger partial charge in [-0.1, -0.05) is 36.6 Å². The van der Waals surface area contributed by atoms with Gasteiger partial charge in [-0.15, -0.1) is 0 Å². The maximum absolute atomic E-state index is 3.77. The van der Waals surface area contributed by atoms with E-state index in [0.717, 1.165) is 28.7 Å². The Morgan fingerprint density at radius 2 is 1.72 bits per heavy atom. The van der Waals surface area contributed by atoms with Crippen LogP contribution in [0.1, 0.15) is 12.5 Å². The Hall–Kier alpha value is -1.96. The molecule has 1 aromatic rings. The third kappa shape index (κ3) is 5.94. The van der Waals surface area contributed by atoms with Crippen LogP contribution in [0.5, 0.6) is 0 Å². The van der Waals surface area contributed by atoms with Gasteiger partial charge in [0.1, 0.15) is 13.1 Å². The number of rotatable bonds is 2. The molecule has 0 amide bonds. The predicted octanol–water partition coefficient (Wildman–Crippen LogP) is 2.69. The van der Waals surface area contributed by atoms with Crippen molar-refractivity contribution in [3.63, 3.8) is 0 Å². The molecule has 0 N–H and O–H groups in total. The van der Waals surface area contributed by atoms with E-state index in [-0.39, 0.29) is 0 Å². The van der Waals surface area contributed by atoms with Crippen LogP contribution in [0, 0.1) is 23.7 Å². The molecule has 0 saturated carbocycles. The second-order valence-corrected chi connectivity index (χ2v) is 5.00. The quantitative estimate of drug-likeness (QED) is 0.549. The molecule has 0 atom stereocenters. The summed E-state index contributed by atoms with van der Waals surface area (Å²) in [5.41, 5.74) is 1.97. The zero-order valence-corrected chi connectivity index (χ0v) is 11.5. The smallest absolute Gasteiger partial charge is 0.141 e. The van der Waals surface area contributed by atoms with Gasteiger partial charge in [0, 0.05) is 5.56 Å². The van der Waals surface area contributed by atoms with E-state index in [9.17, 15) is 0 Å². The minimum atomic E-state index is 0.778. The SMILES string of the molecule is C=C(C)C#CC[N+](C)(C)CC#Cc1ccccc1. The largest absolute Gasteiger partial charge is 0.308 e. The first-order chi connectivity index (χ1) is 8.49. The van der Waals surface area contributed by atoms with Crippen LogP contribution in [0.25, 0.3) is 0 Å². The average Bonchev–Trinajstić information content (AvgIpc) is 2.29. The van der Waals surface area contributed by atoms with Gasteiger partial charge in [-0.05, 0) is 36.5 Å². The highest BCUT2D eigenvalue weighted by molar-refractivity contribution is 5.33. The summed E-state index contributed by atoms with van der Waals surface area (Å²) in [5.74, 6) is 12.5. The molecule has 0 aromatic heterocycles. The van der Waals surface area contributed by atoms with Crippen molar-refractivity contribution in [1.82, 2.24) is 0 Å². The lowest BCUT2D eigenvalue weighted by Crippen LogP contribution is -2.40. The number of allylic oxidation sites excluding steroid dienone is 1. The van der Waals surface area contributed by atoms with Crippen LogP contribution in [0.4, 0.5) is 0 Å². The number of hydrogen-bond acceptors (Lipinski definition) is 0. The lowest BCUT2D eigenvalue weighted by Gasteiger charge is -2.24. The third-order valence-corrected chi connectivity index (χ3v) is 2.32. The molecule has 0 heterocycles. The molecular formula is C17H20N+. The molecule has 1 heteroatoms. The van der Waals surface area contributed by atoms with Crippen LogP contribution in [0.2, 0.25) is 0 Å². The van der Waals surface area contributed by atoms with Gasteiger partial charge >= 0.3 is 0 Å². The first-order valence-corrected chi connectivity index (χ1v) is 6.00. The highest BCUT2D eigenvalue weighted by Gasteiger charge is 2.10. The Morgan fingerprint density at radius 3 is 2.33 bits per heavy atom. The number of quaternary nitrogens is 1. The Morgan fingerprint density at radius 1 is 1.11 bits per heavy atom. The molecule has 18 heavy (non-hydrogen) atoms. The van der Waals surface area contributed by atoms with E-state index in [1.54, 1.807) is 0 Å². The highest BCUT2D eigenvalue weighted by atomic mass is 15.3. The van der Waals surface area contributed by atoms with Gasteiger partial charge in [0.25, 0.3) is 0 Å². The maximum atomic E-state index is 3.77. The Balaban J connectivity index is 2.55. The van der Waals surface area contributed by atoms with Crippen molar-refractivity contribution >= 4 is 0 Å². The maximum Gasteiger partial charge on any atom is 0.141 e. The van der Waals surface area contributed by atoms with Crippen LogP contribution in [-0.2, 0) is 0 Å². The van der Waals surface area contributed by atoms with Gasteiger partial charge in [-0.3, -0.25) is 0 Å². The van der Waals surface area contributed by atoms with Crippen LogP contribution >= 0.6 is 0 Å². The highest BCUT2D eigenvalue weighted by Crippen LogP contribution is 1.97. The Kier molecular flexibility index (Phi) is 5.25. The normalized spacial score (nSPS) is 9.72. The summed E-state index contributed by atoms with van der Waals surface area (Å²) in [6, 6.07) is 10.0. The van der Waals surface area contributed by atoms with Gasteiger partial charge in [0.05, 0.1) is 14.1 Å². The number of benzene rings is 1. The van der Waals surface area contributed by atoms with Crippen molar-refractivity contribution in [1.29, 1.82) is 0 Å². The Labute approximate surface area is 111 Å². The van der Waals surface area contributed by atoms with Crippen LogP contribution < -0.4 is 0 Å². The number of hydrogen-bond donors (Lipinski definition) is 0. The molecule has 0 aliphatic carbocycles. The van der Waals surface area contributed by atoms with Crippen molar-refractivity contribution in [2.45, 2.75) is 6.92 Å². The second kappa shape index (κ2) is 6.70. The van der Waals surface area contributed by atoms with E-state index >= 15 is 0 Å². The molecule has 0 saturated heterocycles. The lowest BCUT2D eigenvalue weighted by atomic mass is 10.2. The van der Waals surface area contributed by atoms with E-state index in [4.69, 9.17) is 0 Å². The zero-order chi connectivity index (χ0) is 13.4. The average molecular weight is 238 g/mol. The molecule has 1 aromatic carbocycles. The van der Waals surface area contributed by atoms with Crippen molar-refractivity contribution < 1.29 is 4.48 Å². The fourth-order valence-corrected chi connectivity index (χ4v) is 1.34. The van der Waals surface area contributed by atoms with E-state index in [0.29, 0.717) is 0 Å². The minimum absolute atomic E-state index is 0.778. The van der Waals surface area contributed by atoms with Crippen LogP contribution in [-0.4, -0.2) is 31.7 Å². The molecule has 0 aliphatic rings. The van der Waals surface area contributed by atoms with Crippen molar-refractivity contribution in [2.24, 2.45) is 0 Å². The summed E-state index contributed by atoms with van der Waals surface area (Å²) in [4.78, 5) is 0. The van der Waals surface area contributed by atoms with Gasteiger partial charge in [0.15, 0.2) is 0 Å². The molecule has 0 radical (unpaired) electrons. The molecule has 92 valence electrons. The standard InChI is InChI=1S/C17H20N/c1-16(2)10-8-14-18(3,4)15-9-13-17-11-6-5-7-12-17/h5-7,11-12H,1,14-15H2,2-4H3/q+1. The molecule has 0 aliphatic heterocycles. The van der Waals surface area contributed by atoms with Crippen molar-refractivity contribution in [3.05, 3.63) is 48.0 Å². The van der Waals surface area contributed by atoms with E-state index in [1.807, 2.05) is 37.3 Å². The molecular weight excluding hydrogens is 218 g/mol. The zero-order valence-electron chi connectivity index (χ0n) is 11.5. The minimum Gasteiger partial charge on any atom is -0.308 e. The first kappa shape index (κ1) is 14.1. The van der Waals surface area contributed by atoms with Crippen molar-refractivity contribution in [2.75, 3.05) is 27.2 Å². The number of nitrogens with zero attached hydrogens (tertiary/aromatic N) is 1. The third-order valence-electron chi connectivity index (χ3n) is 2.32. The lowest BCUT2D eigenvalue weighted by molar-refractivity contribution is -0.875. The van der Waals surface area contributed by atoms with Crippen LogP contribution in [0.3, 0.4) is 0 Å². The monoisotopic (exact) mass is 238 g/mol. The molecule has 0 unspecified atom stereocenters. The summed E-state index contributed by atoms with van der Waals surface area (Å²) >= 11 is 0. The molecule has 1 nitrogen and oxygen atoms in total. The second-order valence-electron chi connectivity index (χ2n) is 5.00. The summed E-state index contributed by atoms with van der Waals surface area (Å²) in [5, 5.41) is 0. The van der Waals surface area contributed by atoms with Gasteiger partial charge in [-0.2, -0.15) is 0 Å². The summed E-state index contributed by atoms with van der Waals surface area (Å²) in [6.07, 6.45) is 0. The molecule has 0 bridgehead atoms. The molecule has 0 fully saturated rings. The topological polar surface area (TPSA) is 0 Å². The van der Waals surface area contributed by atoms with E-state index in [1.165, 1.54) is 0 Å². The van der Waals surface area contributed by atoms with Crippen molar-refractivity contribution in [3.8, 4) is 23.7 Å². The fraction of sp³-hybridized carbons (Fsp3) is 0.294. The van der Waals surface area contributed by atoms with Gasteiger partial charge in [-0.25, -0.2) is 0 Å². The van der Waals surface area contributed by atoms with Gasteiger partial charge in [0.2, 0.25) is 0 Å². The summed E-state index contributed by atoms with van der Waals surface area (Å²) in [6.45, 7) is 7.27. The summed E-state index contributed by atoms with van der Waals surface area (Å²) < 4.78 is 0.778. The molecule has 1 rings (SSSR count). The Bertz CT molecular complexity index is 515. The predicted molar refractivity (Wildman–Crippen MR) is 77.8 cm³/mol. The molecule has 0 spiro atoms. The van der Waals surface area contributed by atoms with E-state index < -0.39 is 0 Å².